The van der Waals surface area contributed by atoms with E-state index in [0.717, 1.165) is 19.5 Å². The van der Waals surface area contributed by atoms with Crippen LogP contribution in [0.15, 0.2) is 24.3 Å². The molecule has 1 rings (SSSR count). The Morgan fingerprint density at radius 3 is 2.50 bits per heavy atom. The molecular weight excluding hydrogens is 246 g/mol. The molecular formula is C17H27N3. The summed E-state index contributed by atoms with van der Waals surface area (Å²) in [6, 6.07) is 11.2. The fraction of sp³-hybridized carbons (Fsp3) is 0.588. The summed E-state index contributed by atoms with van der Waals surface area (Å²) < 4.78 is 0. The van der Waals surface area contributed by atoms with Crippen molar-refractivity contribution >= 4 is 5.69 Å². The van der Waals surface area contributed by atoms with Gasteiger partial charge in [-0.2, -0.15) is 5.26 Å². The van der Waals surface area contributed by atoms with Crippen molar-refractivity contribution in [2.24, 2.45) is 0 Å². The molecule has 0 fully saturated rings. The third kappa shape index (κ3) is 3.98. The van der Waals surface area contributed by atoms with Gasteiger partial charge in [0, 0.05) is 18.3 Å². The lowest BCUT2D eigenvalue weighted by molar-refractivity contribution is 0.390. The second-order valence-electron chi connectivity index (χ2n) is 5.60. The lowest BCUT2D eigenvalue weighted by Crippen LogP contribution is -2.47. The number of aryl methyl sites for hydroxylation is 1. The molecule has 0 saturated heterocycles. The molecule has 0 amide bonds. The number of para-hydroxylation sites is 1. The van der Waals surface area contributed by atoms with E-state index >= 15 is 0 Å². The van der Waals surface area contributed by atoms with Gasteiger partial charge in [-0.3, -0.25) is 5.32 Å². The maximum Gasteiger partial charge on any atom is 0.105 e. The van der Waals surface area contributed by atoms with Gasteiger partial charge in [-0.15, -0.1) is 0 Å². The van der Waals surface area contributed by atoms with Crippen LogP contribution in [-0.2, 0) is 0 Å². The number of nitrogens with one attached hydrogen (secondary N) is 1. The van der Waals surface area contributed by atoms with E-state index in [1.165, 1.54) is 11.3 Å². The highest BCUT2D eigenvalue weighted by molar-refractivity contribution is 5.53. The zero-order chi connectivity index (χ0) is 15.2. The van der Waals surface area contributed by atoms with Crippen LogP contribution in [0.5, 0.6) is 0 Å². The third-order valence-corrected chi connectivity index (χ3v) is 3.81. The van der Waals surface area contributed by atoms with Crippen molar-refractivity contribution in [3.05, 3.63) is 29.8 Å². The second kappa shape index (κ2) is 7.31. The van der Waals surface area contributed by atoms with Gasteiger partial charge in [0.05, 0.1) is 6.07 Å². The molecule has 20 heavy (non-hydrogen) atoms. The van der Waals surface area contributed by atoms with Crippen LogP contribution in [0.25, 0.3) is 0 Å². The average molecular weight is 273 g/mol. The van der Waals surface area contributed by atoms with E-state index in [4.69, 9.17) is 0 Å². The van der Waals surface area contributed by atoms with E-state index < -0.39 is 5.54 Å². The summed E-state index contributed by atoms with van der Waals surface area (Å²) in [6.45, 7) is 12.3. The first-order valence-corrected chi connectivity index (χ1v) is 7.46. The monoisotopic (exact) mass is 273 g/mol. The Balaban J connectivity index is 2.91. The molecule has 3 heteroatoms. The average Bonchev–Trinajstić information content (AvgIpc) is 2.42. The van der Waals surface area contributed by atoms with Crippen molar-refractivity contribution in [3.63, 3.8) is 0 Å². The molecule has 3 nitrogen and oxygen atoms in total. The fourth-order valence-corrected chi connectivity index (χ4v) is 2.85. The lowest BCUT2D eigenvalue weighted by atomic mass is 9.94. The molecule has 0 aromatic heterocycles. The molecule has 0 aliphatic rings. The van der Waals surface area contributed by atoms with Gasteiger partial charge in [0.25, 0.3) is 0 Å². The van der Waals surface area contributed by atoms with Crippen LogP contribution < -0.4 is 10.2 Å². The number of hydrogen-bond acceptors (Lipinski definition) is 3. The number of rotatable bonds is 7. The maximum atomic E-state index is 9.41. The normalized spacial score (nSPS) is 15.2. The first-order valence-electron chi connectivity index (χ1n) is 7.46. The maximum absolute atomic E-state index is 9.41. The van der Waals surface area contributed by atoms with E-state index in [0.29, 0.717) is 6.04 Å². The smallest absolute Gasteiger partial charge is 0.105 e. The van der Waals surface area contributed by atoms with Crippen molar-refractivity contribution in [2.45, 2.75) is 52.6 Å². The summed E-state index contributed by atoms with van der Waals surface area (Å²) in [5.41, 5.74) is 2.08. The minimum absolute atomic E-state index is 0.310. The summed E-state index contributed by atoms with van der Waals surface area (Å²) in [5.74, 6) is 0. The van der Waals surface area contributed by atoms with Crippen LogP contribution in [-0.4, -0.2) is 24.7 Å². The summed E-state index contributed by atoms with van der Waals surface area (Å²) in [6.07, 6.45) is 0.805. The van der Waals surface area contributed by atoms with Crippen molar-refractivity contribution in [1.82, 2.24) is 5.32 Å². The SMILES string of the molecule is CCNC(C)(C#N)CC(C)N(CC)c1ccccc1C. The quantitative estimate of drug-likeness (QED) is 0.826. The Bertz CT molecular complexity index is 464. The molecule has 0 heterocycles. The Morgan fingerprint density at radius 1 is 1.35 bits per heavy atom. The van der Waals surface area contributed by atoms with Crippen LogP contribution in [0.1, 0.15) is 39.7 Å². The Labute approximate surface area is 123 Å². The highest BCUT2D eigenvalue weighted by atomic mass is 15.2. The molecule has 2 atom stereocenters. The molecule has 110 valence electrons. The second-order valence-corrected chi connectivity index (χ2v) is 5.60. The Hall–Kier alpha value is -1.53. The van der Waals surface area contributed by atoms with Crippen LogP contribution in [0.4, 0.5) is 5.69 Å². The van der Waals surface area contributed by atoms with Crippen LogP contribution >= 0.6 is 0 Å². The molecule has 0 spiro atoms. The molecule has 1 N–H and O–H groups in total. The van der Waals surface area contributed by atoms with Crippen LogP contribution in [0, 0.1) is 18.3 Å². The van der Waals surface area contributed by atoms with Gasteiger partial charge in [-0.1, -0.05) is 25.1 Å². The molecule has 1 aromatic rings. The summed E-state index contributed by atoms with van der Waals surface area (Å²) in [5, 5.41) is 12.7. The minimum Gasteiger partial charge on any atom is -0.369 e. The Kier molecular flexibility index (Phi) is 6.04. The number of anilines is 1. The summed E-state index contributed by atoms with van der Waals surface area (Å²) >= 11 is 0. The zero-order valence-electron chi connectivity index (χ0n) is 13.4. The molecule has 0 radical (unpaired) electrons. The fourth-order valence-electron chi connectivity index (χ4n) is 2.85. The largest absolute Gasteiger partial charge is 0.369 e. The van der Waals surface area contributed by atoms with E-state index in [1.54, 1.807) is 0 Å². The predicted molar refractivity (Wildman–Crippen MR) is 86.0 cm³/mol. The number of nitriles is 1. The van der Waals surface area contributed by atoms with Crippen molar-refractivity contribution in [2.75, 3.05) is 18.0 Å². The van der Waals surface area contributed by atoms with Gasteiger partial charge in [-0.25, -0.2) is 0 Å². The van der Waals surface area contributed by atoms with E-state index in [9.17, 15) is 5.26 Å². The Morgan fingerprint density at radius 2 is 2.00 bits per heavy atom. The van der Waals surface area contributed by atoms with Gasteiger partial charge in [0.1, 0.15) is 5.54 Å². The van der Waals surface area contributed by atoms with Crippen molar-refractivity contribution < 1.29 is 0 Å². The summed E-state index contributed by atoms with van der Waals surface area (Å²) in [7, 11) is 0. The third-order valence-electron chi connectivity index (χ3n) is 3.81. The molecule has 0 aliphatic carbocycles. The topological polar surface area (TPSA) is 39.1 Å². The first-order chi connectivity index (χ1) is 9.47. The van der Waals surface area contributed by atoms with Crippen molar-refractivity contribution in [1.29, 1.82) is 5.26 Å². The van der Waals surface area contributed by atoms with E-state index in [2.05, 4.69) is 61.3 Å². The molecule has 2 unspecified atom stereocenters. The van der Waals surface area contributed by atoms with E-state index in [1.807, 2.05) is 13.8 Å². The van der Waals surface area contributed by atoms with Gasteiger partial charge in [0.15, 0.2) is 0 Å². The van der Waals surface area contributed by atoms with Crippen LogP contribution in [0.2, 0.25) is 0 Å². The standard InChI is InChI=1S/C17H27N3/c1-6-19-17(5,13-18)12-15(4)20(7-2)16-11-9-8-10-14(16)3/h8-11,15,19H,6-7,12H2,1-5H3. The highest BCUT2D eigenvalue weighted by Gasteiger charge is 2.28. The van der Waals surface area contributed by atoms with Gasteiger partial charge < -0.3 is 4.90 Å². The molecule has 0 aliphatic heterocycles. The van der Waals surface area contributed by atoms with Crippen LogP contribution in [0.3, 0.4) is 0 Å². The van der Waals surface area contributed by atoms with Gasteiger partial charge >= 0.3 is 0 Å². The van der Waals surface area contributed by atoms with Crippen molar-refractivity contribution in [3.8, 4) is 6.07 Å². The molecule has 0 bridgehead atoms. The number of hydrogen-bond donors (Lipinski definition) is 1. The summed E-state index contributed by atoms with van der Waals surface area (Å²) in [4.78, 5) is 2.38. The first kappa shape index (κ1) is 16.5. The lowest BCUT2D eigenvalue weighted by Gasteiger charge is -2.35. The van der Waals surface area contributed by atoms with E-state index in [-0.39, 0.29) is 0 Å². The number of nitrogens with zero attached hydrogens (tertiary/aromatic N) is 2. The minimum atomic E-state index is -0.468. The molecule has 1 aromatic carbocycles. The number of benzene rings is 1. The van der Waals surface area contributed by atoms with Gasteiger partial charge in [0.2, 0.25) is 0 Å². The zero-order valence-corrected chi connectivity index (χ0v) is 13.4. The molecule has 0 saturated carbocycles. The van der Waals surface area contributed by atoms with Gasteiger partial charge in [-0.05, 0) is 52.3 Å². The highest BCUT2D eigenvalue weighted by Crippen LogP contribution is 2.25. The predicted octanol–water partition coefficient (Wildman–Crippen LogP) is 3.49.